The van der Waals surface area contributed by atoms with Gasteiger partial charge in [-0.3, -0.25) is 10.1 Å². The van der Waals surface area contributed by atoms with E-state index in [4.69, 9.17) is 5.73 Å². The van der Waals surface area contributed by atoms with E-state index in [9.17, 15) is 9.59 Å². The van der Waals surface area contributed by atoms with Gasteiger partial charge in [-0.05, 0) is 30.7 Å². The number of thioether (sulfide) groups is 1. The number of rotatable bonds is 5. The molecule has 4 N–H and O–H groups in total. The van der Waals surface area contributed by atoms with Gasteiger partial charge in [0, 0.05) is 17.1 Å². The Hall–Kier alpha value is -1.95. The molecule has 0 heterocycles. The first-order valence-electron chi connectivity index (χ1n) is 5.70. The summed E-state index contributed by atoms with van der Waals surface area (Å²) < 4.78 is 0. The Morgan fingerprint density at radius 2 is 2.21 bits per heavy atom. The molecule has 6 heteroatoms. The van der Waals surface area contributed by atoms with Crippen LogP contribution in [-0.4, -0.2) is 24.2 Å². The third-order valence-corrected chi connectivity index (χ3v) is 3.39. The highest BCUT2D eigenvalue weighted by molar-refractivity contribution is 8.00. The zero-order valence-corrected chi connectivity index (χ0v) is 11.5. The predicted molar refractivity (Wildman–Crippen MR) is 78.1 cm³/mol. The van der Waals surface area contributed by atoms with Crippen LogP contribution in [0.4, 0.5) is 10.5 Å². The van der Waals surface area contributed by atoms with E-state index in [0.717, 1.165) is 10.5 Å². The van der Waals surface area contributed by atoms with Crippen molar-refractivity contribution in [3.8, 4) is 0 Å². The highest BCUT2D eigenvalue weighted by Crippen LogP contribution is 2.23. The lowest BCUT2D eigenvalue weighted by Crippen LogP contribution is -2.40. The number of benzene rings is 1. The minimum atomic E-state index is -0.514. The molecular weight excluding hydrogens is 262 g/mol. The van der Waals surface area contributed by atoms with E-state index in [1.807, 2.05) is 19.1 Å². The van der Waals surface area contributed by atoms with Crippen molar-refractivity contribution in [2.24, 2.45) is 0 Å². The Balaban J connectivity index is 2.41. The van der Waals surface area contributed by atoms with Crippen LogP contribution in [-0.2, 0) is 4.79 Å². The molecule has 3 amide bonds. The van der Waals surface area contributed by atoms with Crippen LogP contribution in [0.5, 0.6) is 0 Å². The van der Waals surface area contributed by atoms with Gasteiger partial charge in [0.1, 0.15) is 0 Å². The third-order valence-electron chi connectivity index (χ3n) is 2.22. The first-order chi connectivity index (χ1) is 9.02. The molecule has 0 saturated heterocycles. The maximum Gasteiger partial charge on any atom is 0.321 e. The monoisotopic (exact) mass is 279 g/mol. The van der Waals surface area contributed by atoms with Crippen molar-refractivity contribution in [2.45, 2.75) is 11.8 Å². The van der Waals surface area contributed by atoms with E-state index in [1.165, 1.54) is 17.8 Å². The quantitative estimate of drug-likeness (QED) is 0.435. The molecule has 1 aromatic rings. The number of nitrogens with one attached hydrogen (secondary N) is 2. The second-order valence-corrected chi connectivity index (χ2v) is 4.88. The fourth-order valence-corrected chi connectivity index (χ4v) is 2.16. The minimum Gasteiger partial charge on any atom is -0.399 e. The predicted octanol–water partition coefficient (Wildman–Crippen LogP) is 1.68. The SMILES string of the molecule is C=CCNC(=O)NC(=O)CSc1ccc(N)cc1C. The average Bonchev–Trinajstić information content (AvgIpc) is 2.35. The van der Waals surface area contributed by atoms with E-state index in [0.29, 0.717) is 12.2 Å². The molecule has 0 bridgehead atoms. The van der Waals surface area contributed by atoms with Gasteiger partial charge in [-0.25, -0.2) is 4.79 Å². The van der Waals surface area contributed by atoms with Crippen LogP contribution in [0.2, 0.25) is 0 Å². The lowest BCUT2D eigenvalue weighted by Gasteiger charge is -2.07. The van der Waals surface area contributed by atoms with Crippen molar-refractivity contribution in [3.05, 3.63) is 36.4 Å². The second kappa shape index (κ2) is 7.48. The first-order valence-corrected chi connectivity index (χ1v) is 6.69. The molecule has 19 heavy (non-hydrogen) atoms. The smallest absolute Gasteiger partial charge is 0.321 e. The van der Waals surface area contributed by atoms with E-state index < -0.39 is 6.03 Å². The lowest BCUT2D eigenvalue weighted by molar-refractivity contribution is -0.117. The summed E-state index contributed by atoms with van der Waals surface area (Å²) >= 11 is 1.36. The fraction of sp³-hybridized carbons (Fsp3) is 0.231. The number of nitrogens with two attached hydrogens (primary N) is 1. The van der Waals surface area contributed by atoms with Crippen LogP contribution in [0.3, 0.4) is 0 Å². The number of imide groups is 1. The van der Waals surface area contributed by atoms with Gasteiger partial charge in [0.2, 0.25) is 5.91 Å². The molecule has 0 aliphatic heterocycles. The van der Waals surface area contributed by atoms with Crippen molar-refractivity contribution in [3.63, 3.8) is 0 Å². The molecule has 0 unspecified atom stereocenters. The number of carbonyl (C=O) groups excluding carboxylic acids is 2. The number of nitrogen functional groups attached to an aromatic ring is 1. The van der Waals surface area contributed by atoms with Crippen LogP contribution >= 0.6 is 11.8 Å². The topological polar surface area (TPSA) is 84.2 Å². The van der Waals surface area contributed by atoms with Gasteiger partial charge in [0.05, 0.1) is 5.75 Å². The van der Waals surface area contributed by atoms with Crippen molar-refractivity contribution in [1.29, 1.82) is 0 Å². The number of anilines is 1. The zero-order valence-electron chi connectivity index (χ0n) is 10.7. The van der Waals surface area contributed by atoms with Crippen LogP contribution in [0.15, 0.2) is 35.7 Å². The largest absolute Gasteiger partial charge is 0.399 e. The number of aryl methyl sites for hydroxylation is 1. The maximum absolute atomic E-state index is 11.5. The standard InChI is InChI=1S/C13H17N3O2S/c1-3-6-15-13(18)16-12(17)8-19-11-5-4-10(14)7-9(11)2/h3-5,7H,1,6,8,14H2,2H3,(H2,15,16,17,18). The molecule has 0 fully saturated rings. The summed E-state index contributed by atoms with van der Waals surface area (Å²) in [6.07, 6.45) is 1.54. The Morgan fingerprint density at radius 1 is 1.47 bits per heavy atom. The highest BCUT2D eigenvalue weighted by Gasteiger charge is 2.08. The molecule has 1 rings (SSSR count). The summed E-state index contributed by atoms with van der Waals surface area (Å²) in [5, 5.41) is 4.70. The number of urea groups is 1. The summed E-state index contributed by atoms with van der Waals surface area (Å²) in [5.41, 5.74) is 7.34. The van der Waals surface area contributed by atoms with E-state index in [-0.39, 0.29) is 11.7 Å². The molecule has 5 nitrogen and oxygen atoms in total. The van der Waals surface area contributed by atoms with Gasteiger partial charge in [-0.2, -0.15) is 0 Å². The molecule has 0 spiro atoms. The van der Waals surface area contributed by atoms with E-state index in [1.54, 1.807) is 6.07 Å². The molecule has 0 saturated carbocycles. The van der Waals surface area contributed by atoms with Gasteiger partial charge >= 0.3 is 6.03 Å². The Bertz CT molecular complexity index is 489. The highest BCUT2D eigenvalue weighted by atomic mass is 32.2. The molecule has 0 aromatic heterocycles. The Labute approximate surface area is 116 Å². The number of amides is 3. The summed E-state index contributed by atoms with van der Waals surface area (Å²) in [5.74, 6) is -0.172. The first kappa shape index (κ1) is 15.1. The van der Waals surface area contributed by atoms with E-state index in [2.05, 4.69) is 17.2 Å². The van der Waals surface area contributed by atoms with E-state index >= 15 is 0 Å². The van der Waals surface area contributed by atoms with Crippen LogP contribution in [0.1, 0.15) is 5.56 Å². The number of hydrogen-bond donors (Lipinski definition) is 3. The van der Waals surface area contributed by atoms with Crippen molar-refractivity contribution >= 4 is 29.4 Å². The molecule has 0 atom stereocenters. The van der Waals surface area contributed by atoms with Gasteiger partial charge in [0.15, 0.2) is 0 Å². The van der Waals surface area contributed by atoms with Gasteiger partial charge < -0.3 is 11.1 Å². The van der Waals surface area contributed by atoms with Crippen LogP contribution in [0.25, 0.3) is 0 Å². The minimum absolute atomic E-state index is 0.173. The van der Waals surface area contributed by atoms with Crippen molar-refractivity contribution in [1.82, 2.24) is 10.6 Å². The maximum atomic E-state index is 11.5. The Morgan fingerprint density at radius 3 is 2.84 bits per heavy atom. The number of carbonyl (C=O) groups is 2. The Kier molecular flexibility index (Phi) is 5.95. The summed E-state index contributed by atoms with van der Waals surface area (Å²) in [7, 11) is 0. The normalized spacial score (nSPS) is 9.74. The zero-order chi connectivity index (χ0) is 14.3. The lowest BCUT2D eigenvalue weighted by atomic mass is 10.2. The van der Waals surface area contributed by atoms with Crippen LogP contribution < -0.4 is 16.4 Å². The average molecular weight is 279 g/mol. The second-order valence-electron chi connectivity index (χ2n) is 3.86. The summed E-state index contributed by atoms with van der Waals surface area (Å²) in [4.78, 5) is 23.7. The summed E-state index contributed by atoms with van der Waals surface area (Å²) in [6.45, 7) is 5.71. The molecular formula is C13H17N3O2S. The molecule has 0 aliphatic rings. The third kappa shape index (κ3) is 5.48. The van der Waals surface area contributed by atoms with Crippen molar-refractivity contribution < 1.29 is 9.59 Å². The molecule has 0 radical (unpaired) electrons. The van der Waals surface area contributed by atoms with Crippen molar-refractivity contribution in [2.75, 3.05) is 18.0 Å². The molecule has 1 aromatic carbocycles. The fourth-order valence-electron chi connectivity index (χ4n) is 1.35. The summed E-state index contributed by atoms with van der Waals surface area (Å²) in [6, 6.07) is 4.97. The van der Waals surface area contributed by atoms with Gasteiger partial charge in [0.25, 0.3) is 0 Å². The van der Waals surface area contributed by atoms with Gasteiger partial charge in [-0.15, -0.1) is 18.3 Å². The molecule has 102 valence electrons. The molecule has 0 aliphatic carbocycles. The number of hydrogen-bond acceptors (Lipinski definition) is 4. The van der Waals surface area contributed by atoms with Crippen LogP contribution in [0, 0.1) is 6.92 Å². The van der Waals surface area contributed by atoms with Gasteiger partial charge in [-0.1, -0.05) is 6.08 Å².